The normalized spacial score (nSPS) is 12.0. The molecule has 2 aromatic carbocycles. The van der Waals surface area contributed by atoms with Crippen LogP contribution < -0.4 is 15.4 Å². The van der Waals surface area contributed by atoms with Crippen LogP contribution >= 0.6 is 24.0 Å². The van der Waals surface area contributed by atoms with Crippen molar-refractivity contribution >= 4 is 29.9 Å². The third-order valence-corrected chi connectivity index (χ3v) is 4.31. The summed E-state index contributed by atoms with van der Waals surface area (Å²) in [7, 11) is 1.73. The number of hydrogen-bond donors (Lipinski definition) is 2. The molecule has 1 unspecified atom stereocenters. The first-order valence-corrected chi connectivity index (χ1v) is 9.52. The summed E-state index contributed by atoms with van der Waals surface area (Å²) in [5.74, 6) is 1.06. The third-order valence-electron chi connectivity index (χ3n) is 4.31. The lowest BCUT2D eigenvalue weighted by molar-refractivity contribution is 0.223. The number of aliphatic imine (C=N–C) groups is 1. The fourth-order valence-corrected chi connectivity index (χ4v) is 2.86. The van der Waals surface area contributed by atoms with Gasteiger partial charge in [-0.25, -0.2) is 9.37 Å². The van der Waals surface area contributed by atoms with Crippen LogP contribution in [-0.4, -0.2) is 35.2 Å². The summed E-state index contributed by atoms with van der Waals surface area (Å²) in [6.45, 7) is 3.96. The van der Waals surface area contributed by atoms with E-state index in [-0.39, 0.29) is 35.9 Å². The van der Waals surface area contributed by atoms with E-state index in [9.17, 15) is 4.39 Å². The molecule has 0 saturated carbocycles. The zero-order valence-corrected chi connectivity index (χ0v) is 19.4. The SMILES string of the molecule is CN=C(NCc1cccc(Cn2ccnc2)c1)NCC(C)Oc1ccc(F)cc1.I. The lowest BCUT2D eigenvalue weighted by Crippen LogP contribution is -2.41. The number of imidazole rings is 1. The summed E-state index contributed by atoms with van der Waals surface area (Å²) >= 11 is 0. The highest BCUT2D eigenvalue weighted by molar-refractivity contribution is 14.0. The van der Waals surface area contributed by atoms with Gasteiger partial charge in [0.2, 0.25) is 0 Å². The molecule has 0 radical (unpaired) electrons. The Kier molecular flexibility index (Phi) is 9.59. The minimum Gasteiger partial charge on any atom is -0.489 e. The van der Waals surface area contributed by atoms with Crippen molar-refractivity contribution in [1.29, 1.82) is 0 Å². The standard InChI is InChI=1S/C22H26FN5O.HI/c1-17(29-21-8-6-20(23)7-9-21)13-26-22(24-2)27-14-18-4-3-5-19(12-18)15-28-11-10-25-16-28;/h3-12,16-17H,13-15H2,1-2H3,(H2,24,26,27);1H. The van der Waals surface area contributed by atoms with Gasteiger partial charge in [0.15, 0.2) is 5.96 Å². The Morgan fingerprint density at radius 3 is 2.63 bits per heavy atom. The summed E-state index contributed by atoms with van der Waals surface area (Å²) < 4.78 is 20.8. The van der Waals surface area contributed by atoms with Crippen LogP contribution in [0, 0.1) is 5.82 Å². The number of rotatable bonds is 8. The maximum atomic E-state index is 13.0. The molecule has 3 rings (SSSR count). The quantitative estimate of drug-likeness (QED) is 0.268. The minimum absolute atomic E-state index is 0. The van der Waals surface area contributed by atoms with Crippen molar-refractivity contribution in [3.63, 3.8) is 0 Å². The van der Waals surface area contributed by atoms with Gasteiger partial charge in [-0.15, -0.1) is 24.0 Å². The Hall–Kier alpha value is -2.62. The molecule has 30 heavy (non-hydrogen) atoms. The number of guanidine groups is 1. The highest BCUT2D eigenvalue weighted by atomic mass is 127. The largest absolute Gasteiger partial charge is 0.489 e. The van der Waals surface area contributed by atoms with E-state index in [0.717, 1.165) is 6.54 Å². The predicted molar refractivity (Wildman–Crippen MR) is 128 cm³/mol. The summed E-state index contributed by atoms with van der Waals surface area (Å²) in [6.07, 6.45) is 5.44. The van der Waals surface area contributed by atoms with Gasteiger partial charge in [0.05, 0.1) is 12.9 Å². The third kappa shape index (κ3) is 7.66. The lowest BCUT2D eigenvalue weighted by Gasteiger charge is -2.18. The Bertz CT molecular complexity index is 916. The first-order chi connectivity index (χ1) is 14.1. The molecule has 0 bridgehead atoms. The minimum atomic E-state index is -0.276. The van der Waals surface area contributed by atoms with Crippen molar-refractivity contribution < 1.29 is 9.13 Å². The van der Waals surface area contributed by atoms with Crippen molar-refractivity contribution in [1.82, 2.24) is 20.2 Å². The van der Waals surface area contributed by atoms with E-state index in [1.165, 1.54) is 23.3 Å². The maximum Gasteiger partial charge on any atom is 0.191 e. The zero-order chi connectivity index (χ0) is 20.5. The molecule has 0 fully saturated rings. The summed E-state index contributed by atoms with van der Waals surface area (Å²) in [5, 5.41) is 6.56. The number of aromatic nitrogens is 2. The van der Waals surface area contributed by atoms with Crippen molar-refractivity contribution in [3.8, 4) is 5.75 Å². The predicted octanol–water partition coefficient (Wildman–Crippen LogP) is 3.82. The molecule has 0 spiro atoms. The topological polar surface area (TPSA) is 63.5 Å². The highest BCUT2D eigenvalue weighted by Gasteiger charge is 2.06. The molecular formula is C22H27FIN5O. The number of ether oxygens (including phenoxy) is 1. The zero-order valence-electron chi connectivity index (χ0n) is 17.1. The van der Waals surface area contributed by atoms with E-state index in [4.69, 9.17) is 4.74 Å². The molecule has 1 atom stereocenters. The number of nitrogens with one attached hydrogen (secondary N) is 2. The summed E-state index contributed by atoms with van der Waals surface area (Å²) in [4.78, 5) is 8.33. The number of halogens is 2. The molecule has 3 aromatic rings. The van der Waals surface area contributed by atoms with Crippen LogP contribution in [0.4, 0.5) is 4.39 Å². The van der Waals surface area contributed by atoms with Crippen molar-refractivity contribution in [2.24, 2.45) is 4.99 Å². The molecule has 0 amide bonds. The molecular weight excluding hydrogens is 496 g/mol. The van der Waals surface area contributed by atoms with E-state index in [0.29, 0.717) is 24.8 Å². The molecule has 6 nitrogen and oxygen atoms in total. The van der Waals surface area contributed by atoms with Gasteiger partial charge in [-0.2, -0.15) is 0 Å². The van der Waals surface area contributed by atoms with E-state index >= 15 is 0 Å². The van der Waals surface area contributed by atoms with Crippen LogP contribution in [0.5, 0.6) is 5.75 Å². The van der Waals surface area contributed by atoms with Gasteiger partial charge >= 0.3 is 0 Å². The lowest BCUT2D eigenvalue weighted by atomic mass is 10.1. The fraction of sp³-hybridized carbons (Fsp3) is 0.273. The van der Waals surface area contributed by atoms with Crippen molar-refractivity contribution in [3.05, 3.63) is 84.2 Å². The Morgan fingerprint density at radius 1 is 1.17 bits per heavy atom. The van der Waals surface area contributed by atoms with Crippen LogP contribution in [0.15, 0.2) is 72.2 Å². The molecule has 1 aromatic heterocycles. The van der Waals surface area contributed by atoms with Gasteiger partial charge < -0.3 is 19.9 Å². The molecule has 1 heterocycles. The molecule has 0 saturated heterocycles. The Labute approximate surface area is 193 Å². The van der Waals surface area contributed by atoms with Crippen molar-refractivity contribution in [2.75, 3.05) is 13.6 Å². The van der Waals surface area contributed by atoms with Gasteiger partial charge in [0.25, 0.3) is 0 Å². The van der Waals surface area contributed by atoms with Crippen LogP contribution in [-0.2, 0) is 13.1 Å². The number of nitrogens with zero attached hydrogens (tertiary/aromatic N) is 3. The second-order valence-corrected chi connectivity index (χ2v) is 6.74. The molecule has 0 aliphatic heterocycles. The van der Waals surface area contributed by atoms with Crippen LogP contribution in [0.2, 0.25) is 0 Å². The van der Waals surface area contributed by atoms with Gasteiger partial charge in [-0.3, -0.25) is 4.99 Å². The van der Waals surface area contributed by atoms with Crippen LogP contribution in [0.25, 0.3) is 0 Å². The number of hydrogen-bond acceptors (Lipinski definition) is 3. The van der Waals surface area contributed by atoms with E-state index in [2.05, 4.69) is 44.9 Å². The molecule has 2 N–H and O–H groups in total. The van der Waals surface area contributed by atoms with E-state index < -0.39 is 0 Å². The first kappa shape index (κ1) is 23.7. The fourth-order valence-electron chi connectivity index (χ4n) is 2.86. The van der Waals surface area contributed by atoms with E-state index in [1.807, 2.05) is 24.0 Å². The smallest absolute Gasteiger partial charge is 0.191 e. The van der Waals surface area contributed by atoms with Gasteiger partial charge in [0, 0.05) is 32.5 Å². The Balaban J connectivity index is 0.00000320. The average Bonchev–Trinajstić information content (AvgIpc) is 3.23. The second kappa shape index (κ2) is 12.2. The van der Waals surface area contributed by atoms with Crippen LogP contribution in [0.3, 0.4) is 0 Å². The number of benzene rings is 2. The first-order valence-electron chi connectivity index (χ1n) is 9.52. The highest BCUT2D eigenvalue weighted by Crippen LogP contribution is 2.12. The van der Waals surface area contributed by atoms with Gasteiger partial charge in [-0.1, -0.05) is 24.3 Å². The van der Waals surface area contributed by atoms with E-state index in [1.54, 1.807) is 25.4 Å². The molecule has 8 heteroatoms. The summed E-state index contributed by atoms with van der Waals surface area (Å²) in [6, 6.07) is 14.4. The van der Waals surface area contributed by atoms with Crippen molar-refractivity contribution in [2.45, 2.75) is 26.1 Å². The second-order valence-electron chi connectivity index (χ2n) is 6.74. The average molecular weight is 523 g/mol. The van der Waals surface area contributed by atoms with Gasteiger partial charge in [0.1, 0.15) is 17.7 Å². The maximum absolute atomic E-state index is 13.0. The van der Waals surface area contributed by atoms with Crippen LogP contribution in [0.1, 0.15) is 18.1 Å². The summed E-state index contributed by atoms with van der Waals surface area (Å²) in [5.41, 5.74) is 2.38. The monoisotopic (exact) mass is 523 g/mol. The molecule has 0 aliphatic rings. The van der Waals surface area contributed by atoms with Gasteiger partial charge in [-0.05, 0) is 42.3 Å². The molecule has 160 valence electrons. The Morgan fingerprint density at radius 2 is 1.93 bits per heavy atom. The molecule has 0 aliphatic carbocycles.